The van der Waals surface area contributed by atoms with Crippen molar-refractivity contribution in [2.24, 2.45) is 0 Å². The molecule has 0 amide bonds. The number of rotatable bonds is 2. The number of aromatic nitrogens is 4. The molecule has 0 spiro atoms. The number of aliphatic hydroxyl groups excluding tert-OH is 1. The quantitative estimate of drug-likeness (QED) is 0.605. The summed E-state index contributed by atoms with van der Waals surface area (Å²) in [5.74, 6) is 1.01. The summed E-state index contributed by atoms with van der Waals surface area (Å²) in [4.78, 5) is 15.8. The van der Waals surface area contributed by atoms with Gasteiger partial charge in [0.25, 0.3) is 0 Å². The summed E-state index contributed by atoms with van der Waals surface area (Å²) < 4.78 is 2.15. The van der Waals surface area contributed by atoms with Crippen LogP contribution in [0.3, 0.4) is 0 Å². The number of imidazole rings is 1. The van der Waals surface area contributed by atoms with Gasteiger partial charge in [0.15, 0.2) is 5.65 Å². The lowest BCUT2D eigenvalue weighted by Crippen LogP contribution is -2.36. The lowest BCUT2D eigenvalue weighted by atomic mass is 10.1. The molecule has 4 heterocycles. The Morgan fingerprint density at radius 1 is 0.962 bits per heavy atom. The number of fused-ring (bicyclic) bond motifs is 2. The van der Waals surface area contributed by atoms with E-state index in [0.29, 0.717) is 0 Å². The van der Waals surface area contributed by atoms with Crippen LogP contribution in [0.1, 0.15) is 12.8 Å². The Morgan fingerprint density at radius 2 is 1.81 bits per heavy atom. The second-order valence-corrected chi connectivity index (χ2v) is 6.70. The van der Waals surface area contributed by atoms with Crippen LogP contribution in [0.15, 0.2) is 55.1 Å². The van der Waals surface area contributed by atoms with Crippen molar-refractivity contribution in [3.63, 3.8) is 0 Å². The van der Waals surface area contributed by atoms with Crippen molar-refractivity contribution < 1.29 is 5.11 Å². The van der Waals surface area contributed by atoms with E-state index in [2.05, 4.69) is 48.5 Å². The second-order valence-electron chi connectivity index (χ2n) is 6.70. The highest BCUT2D eigenvalue weighted by molar-refractivity contribution is 5.93. The minimum absolute atomic E-state index is 0.206. The minimum atomic E-state index is -0.206. The van der Waals surface area contributed by atoms with Crippen LogP contribution in [0.4, 0.5) is 5.82 Å². The van der Waals surface area contributed by atoms with Gasteiger partial charge in [-0.05, 0) is 18.9 Å². The van der Waals surface area contributed by atoms with Crippen molar-refractivity contribution in [3.8, 4) is 11.3 Å². The van der Waals surface area contributed by atoms with Crippen LogP contribution < -0.4 is 4.90 Å². The van der Waals surface area contributed by atoms with Gasteiger partial charge in [0.2, 0.25) is 0 Å². The highest BCUT2D eigenvalue weighted by Gasteiger charge is 2.21. The average Bonchev–Trinajstić information content (AvgIpc) is 3.12. The third-order valence-corrected chi connectivity index (χ3v) is 5.10. The van der Waals surface area contributed by atoms with Crippen molar-refractivity contribution in [1.82, 2.24) is 19.4 Å². The predicted molar refractivity (Wildman–Crippen MR) is 101 cm³/mol. The van der Waals surface area contributed by atoms with E-state index in [-0.39, 0.29) is 6.10 Å². The first-order valence-electron chi connectivity index (χ1n) is 8.90. The molecular weight excluding hydrogens is 326 g/mol. The summed E-state index contributed by atoms with van der Waals surface area (Å²) in [6, 6.07) is 10.2. The molecule has 6 heteroatoms. The smallest absolute Gasteiger partial charge is 0.157 e. The molecule has 1 N–H and O–H groups in total. The number of anilines is 1. The molecule has 6 nitrogen and oxygen atoms in total. The molecule has 0 bridgehead atoms. The van der Waals surface area contributed by atoms with Crippen molar-refractivity contribution >= 4 is 22.4 Å². The van der Waals surface area contributed by atoms with Gasteiger partial charge < -0.3 is 10.0 Å². The number of aliphatic hydroxyl groups is 1. The van der Waals surface area contributed by atoms with Gasteiger partial charge in [-0.25, -0.2) is 4.98 Å². The molecule has 0 radical (unpaired) electrons. The summed E-state index contributed by atoms with van der Waals surface area (Å²) in [6.45, 7) is 1.63. The third kappa shape index (κ3) is 2.42. The molecule has 130 valence electrons. The summed E-state index contributed by atoms with van der Waals surface area (Å²) in [5.41, 5.74) is 3.85. The fourth-order valence-corrected chi connectivity index (χ4v) is 3.75. The van der Waals surface area contributed by atoms with Gasteiger partial charge in [0, 0.05) is 30.2 Å². The van der Waals surface area contributed by atoms with E-state index >= 15 is 0 Å². The first-order valence-corrected chi connectivity index (χ1v) is 8.90. The summed E-state index contributed by atoms with van der Waals surface area (Å²) in [7, 11) is 0. The molecule has 26 heavy (non-hydrogen) atoms. The molecule has 1 aliphatic rings. The Bertz CT molecular complexity index is 1080. The number of hydrogen-bond donors (Lipinski definition) is 1. The Balaban J connectivity index is 1.72. The number of benzene rings is 1. The maximum absolute atomic E-state index is 9.83. The van der Waals surface area contributed by atoms with Crippen molar-refractivity contribution in [2.75, 3.05) is 18.0 Å². The number of pyridine rings is 1. The maximum atomic E-state index is 9.83. The normalized spacial score (nSPS) is 15.8. The van der Waals surface area contributed by atoms with Gasteiger partial charge >= 0.3 is 0 Å². The summed E-state index contributed by atoms with van der Waals surface area (Å²) >= 11 is 0. The zero-order valence-corrected chi connectivity index (χ0v) is 14.3. The summed E-state index contributed by atoms with van der Waals surface area (Å²) in [6.07, 6.45) is 8.72. The number of nitrogens with zero attached hydrogens (tertiary/aromatic N) is 5. The number of hydrogen-bond acceptors (Lipinski definition) is 5. The van der Waals surface area contributed by atoms with E-state index in [1.54, 1.807) is 6.20 Å². The van der Waals surface area contributed by atoms with Gasteiger partial charge in [-0.3, -0.25) is 14.4 Å². The monoisotopic (exact) mass is 345 g/mol. The van der Waals surface area contributed by atoms with Gasteiger partial charge in [0.1, 0.15) is 5.82 Å². The van der Waals surface area contributed by atoms with Crippen LogP contribution in [0, 0.1) is 0 Å². The van der Waals surface area contributed by atoms with Crippen LogP contribution in [-0.4, -0.2) is 43.7 Å². The maximum Gasteiger partial charge on any atom is 0.157 e. The Hall–Kier alpha value is -2.99. The standard InChI is InChI=1S/C20H19N5O/c26-15-6-9-24(10-7-15)19-13-21-12-18-23-11-17(25(18)19)16-5-1-3-14-4-2-8-22-20(14)16/h1-5,8,11-13,15,26H,6-7,9-10H2. The van der Waals surface area contributed by atoms with E-state index in [4.69, 9.17) is 0 Å². The zero-order valence-electron chi connectivity index (χ0n) is 14.3. The van der Waals surface area contributed by atoms with Crippen LogP contribution in [0.2, 0.25) is 0 Å². The molecule has 1 fully saturated rings. The lowest BCUT2D eigenvalue weighted by Gasteiger charge is -2.31. The number of para-hydroxylation sites is 1. The van der Waals surface area contributed by atoms with Crippen molar-refractivity contribution in [1.29, 1.82) is 0 Å². The molecular formula is C20H19N5O. The van der Waals surface area contributed by atoms with E-state index < -0.39 is 0 Å². The van der Waals surface area contributed by atoms with Crippen molar-refractivity contribution in [3.05, 3.63) is 55.1 Å². The molecule has 4 aromatic rings. The molecule has 1 aromatic carbocycles. The predicted octanol–water partition coefficient (Wildman–Crippen LogP) is 2.91. The zero-order chi connectivity index (χ0) is 17.5. The number of piperidine rings is 1. The fourth-order valence-electron chi connectivity index (χ4n) is 3.75. The van der Waals surface area contributed by atoms with Gasteiger partial charge in [-0.1, -0.05) is 24.3 Å². The summed E-state index contributed by atoms with van der Waals surface area (Å²) in [5, 5.41) is 10.9. The highest BCUT2D eigenvalue weighted by Crippen LogP contribution is 2.31. The van der Waals surface area contributed by atoms with E-state index in [0.717, 1.165) is 59.6 Å². The van der Waals surface area contributed by atoms with E-state index in [1.165, 1.54) is 0 Å². The molecule has 0 aliphatic carbocycles. The van der Waals surface area contributed by atoms with E-state index in [9.17, 15) is 5.11 Å². The topological polar surface area (TPSA) is 66.5 Å². The molecule has 3 aromatic heterocycles. The molecule has 1 aliphatic heterocycles. The van der Waals surface area contributed by atoms with Crippen molar-refractivity contribution in [2.45, 2.75) is 18.9 Å². The third-order valence-electron chi connectivity index (χ3n) is 5.10. The first-order chi connectivity index (χ1) is 12.8. The Labute approximate surface area is 150 Å². The van der Waals surface area contributed by atoms with Gasteiger partial charge in [0.05, 0.1) is 35.9 Å². The molecule has 1 saturated heterocycles. The molecule has 0 unspecified atom stereocenters. The lowest BCUT2D eigenvalue weighted by molar-refractivity contribution is 0.145. The molecule has 0 atom stereocenters. The second kappa shape index (κ2) is 6.07. The molecule has 0 saturated carbocycles. The SMILES string of the molecule is OC1CCN(c2cncc3ncc(-c4cccc5cccnc45)n23)CC1. The first kappa shape index (κ1) is 15.3. The largest absolute Gasteiger partial charge is 0.393 e. The molecule has 5 rings (SSSR count). The van der Waals surface area contributed by atoms with Crippen LogP contribution in [0.25, 0.3) is 27.8 Å². The Kier molecular flexibility index (Phi) is 3.57. The van der Waals surface area contributed by atoms with Crippen LogP contribution in [0.5, 0.6) is 0 Å². The Morgan fingerprint density at radius 3 is 2.69 bits per heavy atom. The minimum Gasteiger partial charge on any atom is -0.393 e. The highest BCUT2D eigenvalue weighted by atomic mass is 16.3. The van der Waals surface area contributed by atoms with Crippen LogP contribution >= 0.6 is 0 Å². The van der Waals surface area contributed by atoms with Gasteiger partial charge in [-0.2, -0.15) is 0 Å². The van der Waals surface area contributed by atoms with Gasteiger partial charge in [-0.15, -0.1) is 0 Å². The van der Waals surface area contributed by atoms with E-state index in [1.807, 2.05) is 24.7 Å². The average molecular weight is 345 g/mol. The van der Waals surface area contributed by atoms with Crippen LogP contribution in [-0.2, 0) is 0 Å². The fraction of sp³-hybridized carbons (Fsp3) is 0.250.